The van der Waals surface area contributed by atoms with Crippen LogP contribution in [0.25, 0.3) is 6.08 Å². The smallest absolute Gasteiger partial charge is 0.00451 e. The predicted molar refractivity (Wildman–Crippen MR) is 53.7 cm³/mol. The van der Waals surface area contributed by atoms with Gasteiger partial charge < -0.3 is 5.73 Å². The molecule has 0 fully saturated rings. The Morgan fingerprint density at radius 1 is 1.33 bits per heavy atom. The molecule has 1 rings (SSSR count). The number of benzene rings is 1. The van der Waals surface area contributed by atoms with Gasteiger partial charge in [-0.15, -0.1) is 0 Å². The van der Waals surface area contributed by atoms with Gasteiger partial charge in [-0.2, -0.15) is 0 Å². The van der Waals surface area contributed by atoms with E-state index < -0.39 is 0 Å². The number of nitrogens with two attached hydrogens (primary N) is 1. The first-order chi connectivity index (χ1) is 5.79. The zero-order valence-corrected chi connectivity index (χ0v) is 7.40. The van der Waals surface area contributed by atoms with Gasteiger partial charge in [-0.3, -0.25) is 0 Å². The highest BCUT2D eigenvalue weighted by Gasteiger charge is 1.87. The molecule has 1 heteroatoms. The van der Waals surface area contributed by atoms with E-state index in [9.17, 15) is 0 Å². The van der Waals surface area contributed by atoms with Crippen molar-refractivity contribution < 1.29 is 0 Å². The van der Waals surface area contributed by atoms with E-state index >= 15 is 0 Å². The van der Waals surface area contributed by atoms with Crippen molar-refractivity contribution in [2.24, 2.45) is 5.73 Å². The highest BCUT2D eigenvalue weighted by Crippen LogP contribution is 2.02. The van der Waals surface area contributed by atoms with Crippen LogP contribution in [-0.2, 0) is 0 Å². The molecule has 1 aromatic rings. The average Bonchev–Trinajstić information content (AvgIpc) is 2.05. The lowest BCUT2D eigenvalue weighted by molar-refractivity contribution is 0.759. The average molecular weight is 161 g/mol. The van der Waals surface area contributed by atoms with Crippen molar-refractivity contribution in [3.05, 3.63) is 42.0 Å². The van der Waals surface area contributed by atoms with Crippen molar-refractivity contribution in [2.75, 3.05) is 0 Å². The van der Waals surface area contributed by atoms with Gasteiger partial charge in [0.05, 0.1) is 0 Å². The molecule has 1 atom stereocenters. The van der Waals surface area contributed by atoms with Gasteiger partial charge >= 0.3 is 0 Å². The Morgan fingerprint density at radius 3 is 2.58 bits per heavy atom. The first-order valence-corrected chi connectivity index (χ1v) is 4.26. The monoisotopic (exact) mass is 161 g/mol. The molecule has 0 spiro atoms. The van der Waals surface area contributed by atoms with E-state index in [2.05, 4.69) is 24.3 Å². The quantitative estimate of drug-likeness (QED) is 0.724. The summed E-state index contributed by atoms with van der Waals surface area (Å²) in [7, 11) is 0. The van der Waals surface area contributed by atoms with Crippen molar-refractivity contribution in [3.8, 4) is 0 Å². The van der Waals surface area contributed by atoms with Crippen LogP contribution < -0.4 is 5.73 Å². The molecule has 2 N–H and O–H groups in total. The molecule has 0 heterocycles. The third-order valence-corrected chi connectivity index (χ3v) is 1.62. The Bertz CT molecular complexity index is 236. The normalized spacial score (nSPS) is 13.5. The molecule has 0 amide bonds. The van der Waals surface area contributed by atoms with Crippen LogP contribution in [-0.4, -0.2) is 6.04 Å². The number of hydrogen-bond acceptors (Lipinski definition) is 1. The topological polar surface area (TPSA) is 26.0 Å². The van der Waals surface area contributed by atoms with Crippen LogP contribution in [0, 0.1) is 0 Å². The second-order valence-corrected chi connectivity index (χ2v) is 3.03. The summed E-state index contributed by atoms with van der Waals surface area (Å²) < 4.78 is 0. The molecule has 0 aliphatic rings. The lowest BCUT2D eigenvalue weighted by atomic mass is 10.2. The molecule has 0 saturated heterocycles. The molecule has 0 unspecified atom stereocenters. The molecule has 12 heavy (non-hydrogen) atoms. The van der Waals surface area contributed by atoms with Crippen LogP contribution in [0.5, 0.6) is 0 Å². The molecule has 0 aromatic heterocycles. The number of hydrogen-bond donors (Lipinski definition) is 1. The molecule has 0 aliphatic heterocycles. The van der Waals surface area contributed by atoms with Crippen LogP contribution in [0.4, 0.5) is 0 Å². The first kappa shape index (κ1) is 9.01. The minimum atomic E-state index is 0.255. The van der Waals surface area contributed by atoms with Gasteiger partial charge in [0.2, 0.25) is 0 Å². The third kappa shape index (κ3) is 3.35. The summed E-state index contributed by atoms with van der Waals surface area (Å²) in [6.07, 6.45) is 5.15. The molecule has 1 aromatic carbocycles. The van der Waals surface area contributed by atoms with E-state index in [1.807, 2.05) is 25.1 Å². The Kier molecular flexibility index (Phi) is 3.55. The summed E-state index contributed by atoms with van der Waals surface area (Å²) in [4.78, 5) is 0. The van der Waals surface area contributed by atoms with Gasteiger partial charge in [0.25, 0.3) is 0 Å². The van der Waals surface area contributed by atoms with Gasteiger partial charge in [0.15, 0.2) is 0 Å². The molecule has 0 bridgehead atoms. The van der Waals surface area contributed by atoms with Crippen molar-refractivity contribution in [2.45, 2.75) is 19.4 Å². The molecular formula is C11H15N. The summed E-state index contributed by atoms with van der Waals surface area (Å²) in [6.45, 7) is 2.01. The van der Waals surface area contributed by atoms with Crippen molar-refractivity contribution >= 4 is 6.08 Å². The number of rotatable bonds is 3. The Labute approximate surface area is 73.9 Å². The molecule has 0 aliphatic carbocycles. The van der Waals surface area contributed by atoms with Crippen LogP contribution in [0.3, 0.4) is 0 Å². The van der Waals surface area contributed by atoms with Crippen LogP contribution in [0.15, 0.2) is 36.4 Å². The van der Waals surface area contributed by atoms with Crippen molar-refractivity contribution in [3.63, 3.8) is 0 Å². The SMILES string of the molecule is C[C@H](N)C/C=C/c1ccccc1. The van der Waals surface area contributed by atoms with E-state index in [1.165, 1.54) is 5.56 Å². The van der Waals surface area contributed by atoms with E-state index in [4.69, 9.17) is 5.73 Å². The summed E-state index contributed by atoms with van der Waals surface area (Å²) in [6, 6.07) is 10.5. The lowest BCUT2D eigenvalue weighted by Gasteiger charge is -1.97. The minimum absolute atomic E-state index is 0.255. The molecule has 1 nitrogen and oxygen atoms in total. The maximum atomic E-state index is 5.61. The third-order valence-electron chi connectivity index (χ3n) is 1.62. The fourth-order valence-corrected chi connectivity index (χ4v) is 0.983. The molecule has 64 valence electrons. The highest BCUT2D eigenvalue weighted by molar-refractivity contribution is 5.48. The molecule has 0 saturated carbocycles. The second-order valence-electron chi connectivity index (χ2n) is 3.03. The summed E-state index contributed by atoms with van der Waals surface area (Å²) in [5, 5.41) is 0. The van der Waals surface area contributed by atoms with Crippen molar-refractivity contribution in [1.82, 2.24) is 0 Å². The minimum Gasteiger partial charge on any atom is -0.328 e. The molecular weight excluding hydrogens is 146 g/mol. The van der Waals surface area contributed by atoms with E-state index in [1.54, 1.807) is 0 Å². The molecule has 0 radical (unpaired) electrons. The maximum absolute atomic E-state index is 5.61. The zero-order valence-electron chi connectivity index (χ0n) is 7.40. The largest absolute Gasteiger partial charge is 0.328 e. The van der Waals surface area contributed by atoms with Crippen molar-refractivity contribution in [1.29, 1.82) is 0 Å². The summed E-state index contributed by atoms with van der Waals surface area (Å²) >= 11 is 0. The maximum Gasteiger partial charge on any atom is 0.00451 e. The van der Waals surface area contributed by atoms with E-state index in [0.717, 1.165) is 6.42 Å². The van der Waals surface area contributed by atoms with Crippen LogP contribution >= 0.6 is 0 Å². The standard InChI is InChI=1S/C11H15N/c1-10(12)6-5-9-11-7-3-2-4-8-11/h2-5,7-10H,6,12H2,1H3/b9-5+/t10-/m0/s1. The van der Waals surface area contributed by atoms with Gasteiger partial charge in [-0.25, -0.2) is 0 Å². The summed E-state index contributed by atoms with van der Waals surface area (Å²) in [5.41, 5.74) is 6.84. The Hall–Kier alpha value is -1.08. The van der Waals surface area contributed by atoms with Gasteiger partial charge in [-0.1, -0.05) is 42.5 Å². The Balaban J connectivity index is 2.47. The Morgan fingerprint density at radius 2 is 2.00 bits per heavy atom. The predicted octanol–water partition coefficient (Wildman–Crippen LogP) is 2.44. The van der Waals surface area contributed by atoms with E-state index in [0.29, 0.717) is 0 Å². The van der Waals surface area contributed by atoms with E-state index in [-0.39, 0.29) is 6.04 Å². The van der Waals surface area contributed by atoms with Gasteiger partial charge in [-0.05, 0) is 18.9 Å². The fraction of sp³-hybridized carbons (Fsp3) is 0.273. The highest BCUT2D eigenvalue weighted by atomic mass is 14.6. The summed E-state index contributed by atoms with van der Waals surface area (Å²) in [5.74, 6) is 0. The van der Waals surface area contributed by atoms with Crippen LogP contribution in [0.2, 0.25) is 0 Å². The fourth-order valence-electron chi connectivity index (χ4n) is 0.983. The zero-order chi connectivity index (χ0) is 8.81. The lowest BCUT2D eigenvalue weighted by Crippen LogP contribution is -2.12. The first-order valence-electron chi connectivity index (χ1n) is 4.26. The van der Waals surface area contributed by atoms with Gasteiger partial charge in [0.1, 0.15) is 0 Å². The van der Waals surface area contributed by atoms with Crippen LogP contribution in [0.1, 0.15) is 18.9 Å². The van der Waals surface area contributed by atoms with Gasteiger partial charge in [0, 0.05) is 6.04 Å². The second kappa shape index (κ2) is 4.73.